The minimum absolute atomic E-state index is 0.106. The minimum Gasteiger partial charge on any atom is -0.494 e. The summed E-state index contributed by atoms with van der Waals surface area (Å²) in [5, 5.41) is 21.3. The number of hydroxylamine groups is 1. The monoisotopic (exact) mass is 392 g/mol. The van der Waals surface area contributed by atoms with E-state index in [0.29, 0.717) is 31.6 Å². The van der Waals surface area contributed by atoms with E-state index in [9.17, 15) is 19.5 Å². The number of ether oxygens (including phenoxy) is 1. The molecule has 4 N–H and O–H groups in total. The Hall–Kier alpha value is -2.61. The minimum atomic E-state index is -1.15. The standard InChI is InChI=1S/C20H28N2O6/c1-12(2)10-16-15(19(24)22-27)4-3-9-28-14-7-5-13(6-8-14)11-17(20(25)26)21-18(16)23/h5-8,12,15-17,27H,3-4,9-11H2,1-2H3,(H,21,23)(H,22,24)(H,25,26)/t15?,16-,17?/m1/s1. The molecule has 1 aromatic carbocycles. The molecular formula is C20H28N2O6. The molecule has 0 radical (unpaired) electrons. The highest BCUT2D eigenvalue weighted by atomic mass is 16.5. The van der Waals surface area contributed by atoms with Gasteiger partial charge in [0, 0.05) is 12.3 Å². The lowest BCUT2D eigenvalue weighted by Crippen LogP contribution is -2.48. The third-order valence-electron chi connectivity index (χ3n) is 4.90. The molecule has 0 saturated heterocycles. The van der Waals surface area contributed by atoms with Gasteiger partial charge < -0.3 is 15.2 Å². The summed E-state index contributed by atoms with van der Waals surface area (Å²) in [7, 11) is 0. The molecule has 1 aromatic rings. The average Bonchev–Trinajstić information content (AvgIpc) is 2.65. The maximum Gasteiger partial charge on any atom is 0.326 e. The van der Waals surface area contributed by atoms with Crippen LogP contribution in [0.1, 0.15) is 38.7 Å². The fourth-order valence-electron chi connectivity index (χ4n) is 3.49. The van der Waals surface area contributed by atoms with Crippen LogP contribution in [-0.4, -0.2) is 40.7 Å². The van der Waals surface area contributed by atoms with Crippen LogP contribution in [0.4, 0.5) is 0 Å². The number of fused-ring (bicyclic) bond motifs is 11. The van der Waals surface area contributed by atoms with Crippen LogP contribution in [0.5, 0.6) is 5.75 Å². The molecule has 8 heteroatoms. The summed E-state index contributed by atoms with van der Waals surface area (Å²) < 4.78 is 5.67. The van der Waals surface area contributed by atoms with Crippen LogP contribution in [0.3, 0.4) is 0 Å². The molecule has 0 saturated carbocycles. The van der Waals surface area contributed by atoms with Gasteiger partial charge >= 0.3 is 5.97 Å². The second-order valence-corrected chi connectivity index (χ2v) is 7.56. The van der Waals surface area contributed by atoms with Crippen LogP contribution in [0.2, 0.25) is 0 Å². The van der Waals surface area contributed by atoms with Crippen molar-refractivity contribution < 1.29 is 29.4 Å². The average molecular weight is 392 g/mol. The fraction of sp³-hybridized carbons (Fsp3) is 0.550. The smallest absolute Gasteiger partial charge is 0.326 e. The Morgan fingerprint density at radius 1 is 1.29 bits per heavy atom. The van der Waals surface area contributed by atoms with Crippen molar-refractivity contribution in [2.75, 3.05) is 6.61 Å². The number of carboxylic acid groups (broad SMARTS) is 1. The van der Waals surface area contributed by atoms with E-state index >= 15 is 0 Å². The van der Waals surface area contributed by atoms with Gasteiger partial charge in [-0.05, 0) is 42.9 Å². The molecule has 154 valence electrons. The number of carbonyl (C=O) groups is 3. The molecule has 2 aliphatic heterocycles. The Balaban J connectivity index is 2.36. The molecule has 2 unspecified atom stereocenters. The molecule has 0 aromatic heterocycles. The number of carbonyl (C=O) groups excluding carboxylic acids is 2. The van der Waals surface area contributed by atoms with Crippen LogP contribution < -0.4 is 15.5 Å². The molecule has 3 rings (SSSR count). The summed E-state index contributed by atoms with van der Waals surface area (Å²) in [6.45, 7) is 4.21. The van der Waals surface area contributed by atoms with Crippen LogP contribution in [0.25, 0.3) is 0 Å². The molecule has 2 heterocycles. The van der Waals surface area contributed by atoms with Crippen molar-refractivity contribution in [2.24, 2.45) is 17.8 Å². The first kappa shape index (κ1) is 21.7. The van der Waals surface area contributed by atoms with Crippen LogP contribution in [0.15, 0.2) is 24.3 Å². The van der Waals surface area contributed by atoms with E-state index < -0.39 is 35.7 Å². The van der Waals surface area contributed by atoms with Crippen LogP contribution >= 0.6 is 0 Å². The molecule has 3 atom stereocenters. The second-order valence-electron chi connectivity index (χ2n) is 7.56. The van der Waals surface area contributed by atoms with E-state index in [2.05, 4.69) is 5.32 Å². The quantitative estimate of drug-likeness (QED) is 0.457. The third-order valence-corrected chi connectivity index (χ3v) is 4.90. The van der Waals surface area contributed by atoms with Gasteiger partial charge in [-0.2, -0.15) is 0 Å². The topological polar surface area (TPSA) is 125 Å². The van der Waals surface area contributed by atoms with Crippen molar-refractivity contribution in [1.82, 2.24) is 10.8 Å². The molecule has 0 spiro atoms. The SMILES string of the molecule is CC(C)C[C@H]1C(=O)NC(C(=O)O)Cc2ccc(cc2)OCCCC1C(=O)NO. The summed E-state index contributed by atoms with van der Waals surface area (Å²) >= 11 is 0. The first-order valence-corrected chi connectivity index (χ1v) is 9.50. The van der Waals surface area contributed by atoms with E-state index in [0.717, 1.165) is 5.56 Å². The normalized spacial score (nSPS) is 23.4. The molecule has 2 aliphatic rings. The summed E-state index contributed by atoms with van der Waals surface area (Å²) in [4.78, 5) is 36.9. The van der Waals surface area contributed by atoms with Gasteiger partial charge in [0.05, 0.1) is 12.5 Å². The van der Waals surface area contributed by atoms with E-state index in [4.69, 9.17) is 9.94 Å². The fourth-order valence-corrected chi connectivity index (χ4v) is 3.49. The number of rotatable bonds is 4. The Morgan fingerprint density at radius 3 is 2.54 bits per heavy atom. The first-order chi connectivity index (χ1) is 13.3. The van der Waals surface area contributed by atoms with Crippen molar-refractivity contribution in [1.29, 1.82) is 0 Å². The number of amides is 2. The number of hydrogen-bond acceptors (Lipinski definition) is 5. The van der Waals surface area contributed by atoms with E-state index in [-0.39, 0.29) is 12.3 Å². The van der Waals surface area contributed by atoms with Gasteiger partial charge in [-0.25, -0.2) is 10.3 Å². The summed E-state index contributed by atoms with van der Waals surface area (Å²) in [6, 6.07) is 5.94. The van der Waals surface area contributed by atoms with Gasteiger partial charge in [-0.3, -0.25) is 14.8 Å². The van der Waals surface area contributed by atoms with Gasteiger partial charge in [0.1, 0.15) is 11.8 Å². The highest BCUT2D eigenvalue weighted by Crippen LogP contribution is 2.26. The van der Waals surface area contributed by atoms with Crippen molar-refractivity contribution in [3.8, 4) is 5.75 Å². The molecule has 0 aliphatic carbocycles. The largest absolute Gasteiger partial charge is 0.494 e. The number of benzene rings is 1. The van der Waals surface area contributed by atoms with Crippen molar-refractivity contribution in [3.63, 3.8) is 0 Å². The maximum atomic E-state index is 13.0. The van der Waals surface area contributed by atoms with E-state index in [1.54, 1.807) is 29.7 Å². The Labute approximate surface area is 164 Å². The Bertz CT molecular complexity index is 688. The van der Waals surface area contributed by atoms with Crippen LogP contribution in [-0.2, 0) is 20.8 Å². The molecule has 8 nitrogen and oxygen atoms in total. The van der Waals surface area contributed by atoms with Gasteiger partial charge in [-0.1, -0.05) is 26.0 Å². The van der Waals surface area contributed by atoms with Gasteiger partial charge in [0.25, 0.3) is 0 Å². The number of carboxylic acids is 1. The highest BCUT2D eigenvalue weighted by molar-refractivity contribution is 5.89. The predicted molar refractivity (Wildman–Crippen MR) is 101 cm³/mol. The molecule has 2 amide bonds. The molecule has 2 bridgehead atoms. The molecule has 28 heavy (non-hydrogen) atoms. The van der Waals surface area contributed by atoms with E-state index in [1.165, 1.54) is 0 Å². The summed E-state index contributed by atoms with van der Waals surface area (Å²) in [6.07, 6.45) is 1.34. The van der Waals surface area contributed by atoms with Gasteiger partial charge in [0.2, 0.25) is 11.8 Å². The van der Waals surface area contributed by atoms with Crippen molar-refractivity contribution >= 4 is 17.8 Å². The zero-order valence-electron chi connectivity index (χ0n) is 16.2. The zero-order valence-corrected chi connectivity index (χ0v) is 16.2. The van der Waals surface area contributed by atoms with E-state index in [1.807, 2.05) is 13.8 Å². The van der Waals surface area contributed by atoms with Crippen molar-refractivity contribution in [2.45, 2.75) is 45.6 Å². The van der Waals surface area contributed by atoms with Gasteiger partial charge in [-0.15, -0.1) is 0 Å². The lowest BCUT2D eigenvalue weighted by atomic mass is 9.81. The summed E-state index contributed by atoms with van der Waals surface area (Å²) in [5.74, 6) is -3.07. The molecular weight excluding hydrogens is 364 g/mol. The lowest BCUT2D eigenvalue weighted by molar-refractivity contribution is -0.145. The maximum absolute atomic E-state index is 13.0. The summed E-state index contributed by atoms with van der Waals surface area (Å²) in [5.41, 5.74) is 2.40. The van der Waals surface area contributed by atoms with Gasteiger partial charge in [0.15, 0.2) is 0 Å². The first-order valence-electron chi connectivity index (χ1n) is 9.50. The third kappa shape index (κ3) is 5.95. The number of hydrogen-bond donors (Lipinski definition) is 4. The highest BCUT2D eigenvalue weighted by Gasteiger charge is 2.35. The van der Waals surface area contributed by atoms with Crippen molar-refractivity contribution in [3.05, 3.63) is 29.8 Å². The van der Waals surface area contributed by atoms with Crippen LogP contribution in [0, 0.1) is 17.8 Å². The lowest BCUT2D eigenvalue weighted by Gasteiger charge is -2.28. The predicted octanol–water partition coefficient (Wildman–Crippen LogP) is 1.75. The number of aliphatic carboxylic acids is 1. The zero-order chi connectivity index (χ0) is 20.7. The molecule has 0 fully saturated rings. The Kier molecular flexibility index (Phi) is 7.80. The second kappa shape index (κ2) is 10.1. The Morgan fingerprint density at radius 2 is 1.96 bits per heavy atom. The number of nitrogens with one attached hydrogen (secondary N) is 2.